The molecule has 3 amide bonds. The zero-order chi connectivity index (χ0) is 26.0. The van der Waals surface area contributed by atoms with Crippen molar-refractivity contribution in [2.45, 2.75) is 27.7 Å². The second-order valence-electron chi connectivity index (χ2n) is 4.45. The van der Waals surface area contributed by atoms with Crippen molar-refractivity contribution in [2.75, 3.05) is 62.9 Å². The van der Waals surface area contributed by atoms with Gasteiger partial charge in [0, 0.05) is 42.2 Å². The average molecular weight is 474 g/mol. The molecule has 0 spiro atoms. The molecule has 0 aliphatic heterocycles. The molecule has 0 fully saturated rings. The normalized spacial score (nSPS) is 6.53. The minimum atomic E-state index is -0.157. The topological polar surface area (TPSA) is 135 Å². The molecular formula is C18H47N7O3S2. The molecule has 0 bridgehead atoms. The highest BCUT2D eigenvalue weighted by molar-refractivity contribution is 7.80. The molecule has 0 rings (SSSR count). The van der Waals surface area contributed by atoms with Crippen molar-refractivity contribution >= 4 is 53.1 Å². The minimum absolute atomic E-state index is 0.00463. The Balaban J connectivity index is -0.0000000420. The molecular weight excluding hydrogens is 426 g/mol. The second-order valence-corrected chi connectivity index (χ2v) is 5.68. The van der Waals surface area contributed by atoms with Crippen molar-refractivity contribution in [2.24, 2.45) is 0 Å². The lowest BCUT2D eigenvalue weighted by Crippen LogP contribution is -2.28. The summed E-state index contributed by atoms with van der Waals surface area (Å²) in [6.45, 7) is 10.3. The minimum Gasteiger partial charge on any atom is -0.383 e. The number of rotatable bonds is 1. The third-order valence-corrected chi connectivity index (χ3v) is 2.27. The molecule has 10 nitrogen and oxygen atoms in total. The highest BCUT2D eigenvalue weighted by atomic mass is 32.1. The van der Waals surface area contributed by atoms with E-state index in [4.69, 9.17) is 4.79 Å². The molecule has 0 aromatic carbocycles. The van der Waals surface area contributed by atoms with E-state index in [1.54, 1.807) is 21.1 Å². The zero-order valence-corrected chi connectivity index (χ0v) is 22.6. The summed E-state index contributed by atoms with van der Waals surface area (Å²) < 4.78 is 0. The lowest BCUT2D eigenvalue weighted by atomic mass is 10.7. The molecule has 0 aliphatic carbocycles. The van der Waals surface area contributed by atoms with Crippen LogP contribution in [-0.2, 0) is 9.59 Å². The fraction of sp³-hybridized carbons (Fsp3) is 0.722. The Bertz CT molecular complexity index is 321. The first kappa shape index (κ1) is 46.4. The first-order valence-electron chi connectivity index (χ1n) is 8.92. The van der Waals surface area contributed by atoms with E-state index in [2.05, 4.69) is 68.6 Å². The van der Waals surface area contributed by atoms with Gasteiger partial charge in [0.15, 0.2) is 0 Å². The maximum absolute atomic E-state index is 9.96. The Hall–Kier alpha value is -1.89. The lowest BCUT2D eigenvalue weighted by Gasteiger charge is -1.91. The third kappa shape index (κ3) is 198. The van der Waals surface area contributed by atoms with Crippen molar-refractivity contribution in [3.05, 3.63) is 0 Å². The highest BCUT2D eigenvalue weighted by Crippen LogP contribution is 1.57. The van der Waals surface area contributed by atoms with E-state index in [9.17, 15) is 9.59 Å². The second kappa shape index (κ2) is 56.4. The molecule has 7 N–H and O–H groups in total. The summed E-state index contributed by atoms with van der Waals surface area (Å²) in [6.07, 6.45) is 0. The van der Waals surface area contributed by atoms with Crippen LogP contribution in [0.5, 0.6) is 0 Å². The summed E-state index contributed by atoms with van der Waals surface area (Å²) in [6, 6.07) is -0.157. The standard InChI is InChI=1S/C3H8N2O.C3H7NO.2C3H7NS.C3H9N.C2H7N.CH2O/c1-4-3(6)5-2;3*1-3(5)4-2;1-3-4-2;1-3-2;1-2/h1-2H3,(H2,4,5,6);3*1-2H3,(H,4,5);4H,3H2,1-2H3;3H,1-2H3;1H2. The van der Waals surface area contributed by atoms with Crippen LogP contribution >= 0.6 is 24.4 Å². The number of nitrogens with one attached hydrogen (secondary N) is 7. The summed E-state index contributed by atoms with van der Waals surface area (Å²) in [4.78, 5) is 29.3. The number of hydrogen-bond acceptors (Lipinski definition) is 7. The lowest BCUT2D eigenvalue weighted by molar-refractivity contribution is -0.118. The van der Waals surface area contributed by atoms with Gasteiger partial charge in [-0.05, 0) is 41.5 Å². The number of carbonyl (C=O) groups excluding carboxylic acids is 3. The molecule has 0 saturated heterocycles. The predicted molar refractivity (Wildman–Crippen MR) is 140 cm³/mol. The van der Waals surface area contributed by atoms with Crippen molar-refractivity contribution < 1.29 is 14.4 Å². The van der Waals surface area contributed by atoms with Crippen LogP contribution < -0.4 is 37.2 Å². The van der Waals surface area contributed by atoms with Gasteiger partial charge in [0.25, 0.3) is 0 Å². The van der Waals surface area contributed by atoms with E-state index in [1.807, 2.05) is 55.9 Å². The maximum Gasteiger partial charge on any atom is 0.314 e. The van der Waals surface area contributed by atoms with Gasteiger partial charge in [-0.25, -0.2) is 4.79 Å². The smallest absolute Gasteiger partial charge is 0.314 e. The number of amides is 3. The number of hydrogen-bond donors (Lipinski definition) is 7. The monoisotopic (exact) mass is 473 g/mol. The Morgan fingerprint density at radius 1 is 0.667 bits per heavy atom. The fourth-order valence-electron chi connectivity index (χ4n) is 0.125. The van der Waals surface area contributed by atoms with Crippen LogP contribution in [0.4, 0.5) is 4.79 Å². The van der Waals surface area contributed by atoms with Gasteiger partial charge in [0.05, 0.1) is 9.98 Å². The van der Waals surface area contributed by atoms with Crippen LogP contribution in [0.1, 0.15) is 27.7 Å². The summed E-state index contributed by atoms with van der Waals surface area (Å²) in [5.74, 6) is 0.00463. The Kier molecular flexibility index (Phi) is 87.1. The van der Waals surface area contributed by atoms with Crippen LogP contribution in [0.2, 0.25) is 0 Å². The number of urea groups is 1. The van der Waals surface area contributed by atoms with E-state index in [0.717, 1.165) is 16.5 Å². The molecule has 0 radical (unpaired) electrons. The third-order valence-electron chi connectivity index (χ3n) is 1.86. The average Bonchev–Trinajstić information content (AvgIpc) is 2.76. The predicted octanol–water partition coefficient (Wildman–Crippen LogP) is 0.280. The summed E-state index contributed by atoms with van der Waals surface area (Å²) in [5, 5.41) is 18.3. The highest BCUT2D eigenvalue weighted by Gasteiger charge is 1.81. The molecule has 0 unspecified atom stereocenters. The molecule has 0 heterocycles. The van der Waals surface area contributed by atoms with Gasteiger partial charge in [-0.15, -0.1) is 0 Å². The van der Waals surface area contributed by atoms with Crippen LogP contribution in [-0.4, -0.2) is 91.6 Å². The molecule has 0 saturated carbocycles. The van der Waals surface area contributed by atoms with Gasteiger partial charge < -0.3 is 42.0 Å². The van der Waals surface area contributed by atoms with E-state index >= 15 is 0 Å². The van der Waals surface area contributed by atoms with Gasteiger partial charge in [-0.1, -0.05) is 31.4 Å². The van der Waals surface area contributed by atoms with Crippen molar-refractivity contribution in [1.29, 1.82) is 0 Å². The van der Waals surface area contributed by atoms with Crippen molar-refractivity contribution in [3.63, 3.8) is 0 Å². The molecule has 0 aromatic rings. The molecule has 30 heavy (non-hydrogen) atoms. The SMILES string of the molecule is C=O.CCNC.CNC.CNC(=O)NC.CNC(C)=O.CNC(C)=S.CNC(C)=S. The summed E-state index contributed by atoms with van der Waals surface area (Å²) in [5.41, 5.74) is 0. The van der Waals surface area contributed by atoms with Crippen LogP contribution in [0.15, 0.2) is 0 Å². The van der Waals surface area contributed by atoms with Gasteiger partial charge in [0.2, 0.25) is 5.91 Å². The Morgan fingerprint density at radius 2 is 0.833 bits per heavy atom. The quantitative estimate of drug-likeness (QED) is 0.268. The summed E-state index contributed by atoms with van der Waals surface area (Å²) >= 11 is 9.17. The van der Waals surface area contributed by atoms with Crippen LogP contribution in [0, 0.1) is 0 Å². The molecule has 184 valence electrons. The zero-order valence-electron chi connectivity index (χ0n) is 21.0. The van der Waals surface area contributed by atoms with Crippen LogP contribution in [0.25, 0.3) is 0 Å². The van der Waals surface area contributed by atoms with Crippen molar-refractivity contribution in [3.8, 4) is 0 Å². The number of thiocarbonyl (C=S) groups is 2. The van der Waals surface area contributed by atoms with E-state index < -0.39 is 0 Å². The van der Waals surface area contributed by atoms with E-state index in [-0.39, 0.29) is 11.9 Å². The van der Waals surface area contributed by atoms with Gasteiger partial charge in [-0.3, -0.25) is 4.79 Å². The first-order chi connectivity index (χ1) is 13.9. The van der Waals surface area contributed by atoms with E-state index in [1.165, 1.54) is 6.92 Å². The Labute approximate surface area is 195 Å². The Morgan fingerprint density at radius 3 is 0.833 bits per heavy atom. The number of carbonyl (C=O) groups is 3. The maximum atomic E-state index is 9.96. The van der Waals surface area contributed by atoms with Gasteiger partial charge in [0.1, 0.15) is 6.79 Å². The molecule has 0 aromatic heterocycles. The van der Waals surface area contributed by atoms with Gasteiger partial charge in [-0.2, -0.15) is 0 Å². The first-order valence-corrected chi connectivity index (χ1v) is 9.73. The van der Waals surface area contributed by atoms with Crippen molar-refractivity contribution in [1.82, 2.24) is 37.2 Å². The molecule has 0 aliphatic rings. The van der Waals surface area contributed by atoms with Crippen LogP contribution in [0.3, 0.4) is 0 Å². The largest absolute Gasteiger partial charge is 0.383 e. The molecule has 0 atom stereocenters. The van der Waals surface area contributed by atoms with E-state index in [0.29, 0.717) is 0 Å². The fourth-order valence-corrected chi connectivity index (χ4v) is 0.125. The summed E-state index contributed by atoms with van der Waals surface area (Å²) in [7, 11) is 14.0. The molecule has 12 heteroatoms. The van der Waals surface area contributed by atoms with Gasteiger partial charge >= 0.3 is 6.03 Å².